The zero-order valence-corrected chi connectivity index (χ0v) is 15.8. The van der Waals surface area contributed by atoms with Crippen LogP contribution in [0.5, 0.6) is 5.75 Å². The number of hydrogen-bond donors (Lipinski definition) is 2. The van der Waals surface area contributed by atoms with E-state index < -0.39 is 40.3 Å². The fourth-order valence-corrected chi connectivity index (χ4v) is 2.57. The maximum Gasteiger partial charge on any atom is 0.439 e. The lowest BCUT2D eigenvalue weighted by Crippen LogP contribution is -2.72. The van der Waals surface area contributed by atoms with Crippen molar-refractivity contribution < 1.29 is 35.9 Å². The van der Waals surface area contributed by atoms with Gasteiger partial charge in [0.25, 0.3) is 5.91 Å². The molecule has 29 heavy (non-hydrogen) atoms. The minimum atomic E-state index is -6.03. The number of ether oxygens (including phenoxy) is 1. The maximum absolute atomic E-state index is 13.6. The van der Waals surface area contributed by atoms with Crippen LogP contribution in [0.15, 0.2) is 36.5 Å². The van der Waals surface area contributed by atoms with Crippen molar-refractivity contribution in [3.63, 3.8) is 0 Å². The Morgan fingerprint density at radius 1 is 1.03 bits per heavy atom. The third-order valence-corrected chi connectivity index (χ3v) is 4.11. The van der Waals surface area contributed by atoms with Crippen molar-refractivity contribution in [1.29, 1.82) is 0 Å². The standard InChI is InChI=1S/C16H11Cl2F6N3O2/c1-29-10-4-2-8(3-5-10)13(28)27-14(15(19,20)21,16(22,23)24)26-12-11(18)6-9(17)7-25-12/h2-7H,1H3,(H,25,26)(H,27,28). The van der Waals surface area contributed by atoms with Crippen LogP contribution in [-0.2, 0) is 0 Å². The number of anilines is 1. The molecular formula is C16H11Cl2F6N3O2. The third-order valence-electron chi connectivity index (χ3n) is 3.62. The lowest BCUT2D eigenvalue weighted by molar-refractivity contribution is -0.294. The van der Waals surface area contributed by atoms with Crippen LogP contribution in [0.3, 0.4) is 0 Å². The highest BCUT2D eigenvalue weighted by molar-refractivity contribution is 6.36. The minimum Gasteiger partial charge on any atom is -0.497 e. The first-order valence-electron chi connectivity index (χ1n) is 7.50. The van der Waals surface area contributed by atoms with E-state index in [1.165, 1.54) is 24.6 Å². The Labute approximate surface area is 170 Å². The number of nitrogens with zero attached hydrogens (tertiary/aromatic N) is 1. The van der Waals surface area contributed by atoms with Gasteiger partial charge in [-0.2, -0.15) is 26.3 Å². The molecule has 2 rings (SSSR count). The molecule has 0 aliphatic heterocycles. The number of rotatable bonds is 5. The van der Waals surface area contributed by atoms with Crippen LogP contribution in [0, 0.1) is 0 Å². The number of carbonyl (C=O) groups is 1. The molecule has 0 aliphatic rings. The minimum absolute atomic E-state index is 0.118. The first kappa shape index (κ1) is 22.9. The van der Waals surface area contributed by atoms with Crippen LogP contribution >= 0.6 is 23.2 Å². The average molecular weight is 462 g/mol. The van der Waals surface area contributed by atoms with Gasteiger partial charge in [-0.15, -0.1) is 0 Å². The molecule has 1 heterocycles. The summed E-state index contributed by atoms with van der Waals surface area (Å²) in [6.45, 7) is 0. The summed E-state index contributed by atoms with van der Waals surface area (Å²) in [6, 6.07) is 5.28. The van der Waals surface area contributed by atoms with Crippen LogP contribution in [0.25, 0.3) is 0 Å². The number of hydrogen-bond acceptors (Lipinski definition) is 4. The summed E-state index contributed by atoms with van der Waals surface area (Å²) in [5, 5.41) is 1.43. The lowest BCUT2D eigenvalue weighted by atomic mass is 10.1. The molecular weight excluding hydrogens is 451 g/mol. The Kier molecular flexibility index (Phi) is 6.43. The number of carbonyl (C=O) groups excluding carboxylic acids is 1. The quantitative estimate of drug-likeness (QED) is 0.482. The van der Waals surface area contributed by atoms with E-state index in [-0.39, 0.29) is 10.8 Å². The summed E-state index contributed by atoms with van der Waals surface area (Å²) in [4.78, 5) is 15.6. The number of halogens is 8. The highest BCUT2D eigenvalue weighted by Gasteiger charge is 2.73. The van der Waals surface area contributed by atoms with Crippen LogP contribution in [-0.4, -0.2) is 36.0 Å². The fraction of sp³-hybridized carbons (Fsp3) is 0.250. The monoisotopic (exact) mass is 461 g/mol. The molecule has 0 spiro atoms. The highest BCUT2D eigenvalue weighted by Crippen LogP contribution is 2.44. The zero-order valence-electron chi connectivity index (χ0n) is 14.3. The molecule has 0 unspecified atom stereocenters. The lowest BCUT2D eigenvalue weighted by Gasteiger charge is -2.38. The summed E-state index contributed by atoms with van der Waals surface area (Å²) in [7, 11) is 1.29. The van der Waals surface area contributed by atoms with Crippen LogP contribution in [0.4, 0.5) is 32.2 Å². The molecule has 0 radical (unpaired) electrons. The summed E-state index contributed by atoms with van der Waals surface area (Å²) in [6.07, 6.45) is -11.3. The molecule has 1 amide bonds. The largest absolute Gasteiger partial charge is 0.497 e. The van der Waals surface area contributed by atoms with Gasteiger partial charge in [-0.3, -0.25) is 4.79 Å². The van der Waals surface area contributed by atoms with Crippen molar-refractivity contribution >= 4 is 34.9 Å². The highest BCUT2D eigenvalue weighted by atomic mass is 35.5. The number of methoxy groups -OCH3 is 1. The van der Waals surface area contributed by atoms with Gasteiger partial charge < -0.3 is 15.4 Å². The zero-order chi connectivity index (χ0) is 22.0. The van der Waals surface area contributed by atoms with Gasteiger partial charge in [0.05, 0.1) is 17.2 Å². The topological polar surface area (TPSA) is 63.2 Å². The van der Waals surface area contributed by atoms with Gasteiger partial charge >= 0.3 is 18.0 Å². The molecule has 2 aromatic rings. The molecule has 158 valence electrons. The maximum atomic E-state index is 13.6. The van der Waals surface area contributed by atoms with Crippen molar-refractivity contribution in [2.75, 3.05) is 12.4 Å². The number of benzene rings is 1. The first-order chi connectivity index (χ1) is 13.3. The Morgan fingerprint density at radius 3 is 2.03 bits per heavy atom. The number of aromatic nitrogens is 1. The van der Waals surface area contributed by atoms with E-state index in [4.69, 9.17) is 27.9 Å². The van der Waals surface area contributed by atoms with Crippen molar-refractivity contribution in [3.05, 3.63) is 52.1 Å². The smallest absolute Gasteiger partial charge is 0.439 e. The Balaban J connectivity index is 2.52. The molecule has 2 N–H and O–H groups in total. The van der Waals surface area contributed by atoms with Gasteiger partial charge in [-0.25, -0.2) is 4.98 Å². The fourth-order valence-electron chi connectivity index (χ4n) is 2.14. The molecule has 0 saturated carbocycles. The summed E-state index contributed by atoms with van der Waals surface area (Å²) < 4.78 is 86.7. The molecule has 0 bridgehead atoms. The van der Waals surface area contributed by atoms with E-state index in [1.54, 1.807) is 0 Å². The van der Waals surface area contributed by atoms with Crippen molar-refractivity contribution in [2.24, 2.45) is 0 Å². The Hall–Kier alpha value is -2.40. The van der Waals surface area contributed by atoms with Gasteiger partial charge in [0.15, 0.2) is 0 Å². The van der Waals surface area contributed by atoms with Crippen LogP contribution in [0.1, 0.15) is 10.4 Å². The van der Waals surface area contributed by atoms with Crippen molar-refractivity contribution in [1.82, 2.24) is 10.3 Å². The van der Waals surface area contributed by atoms with Crippen LogP contribution < -0.4 is 15.4 Å². The van der Waals surface area contributed by atoms with Gasteiger partial charge in [0.1, 0.15) is 11.6 Å². The number of nitrogens with one attached hydrogen (secondary N) is 2. The van der Waals surface area contributed by atoms with Crippen LogP contribution in [0.2, 0.25) is 10.0 Å². The van der Waals surface area contributed by atoms with Gasteiger partial charge in [0, 0.05) is 11.8 Å². The molecule has 1 aromatic heterocycles. The second kappa shape index (κ2) is 8.15. The van der Waals surface area contributed by atoms with Gasteiger partial charge in [0.2, 0.25) is 0 Å². The molecule has 0 atom stereocenters. The Morgan fingerprint density at radius 2 is 1.59 bits per heavy atom. The Bertz CT molecular complexity index is 874. The predicted octanol–water partition coefficient (Wildman–Crippen LogP) is 5.06. The van der Waals surface area contributed by atoms with E-state index in [2.05, 4.69) is 4.98 Å². The normalized spacial score (nSPS) is 12.4. The molecule has 5 nitrogen and oxygen atoms in total. The second-order valence-electron chi connectivity index (χ2n) is 5.54. The van der Waals surface area contributed by atoms with E-state index in [1.807, 2.05) is 0 Å². The van der Waals surface area contributed by atoms with Crippen molar-refractivity contribution in [3.8, 4) is 5.75 Å². The molecule has 1 aromatic carbocycles. The molecule has 0 fully saturated rings. The van der Waals surface area contributed by atoms with Gasteiger partial charge in [-0.05, 0) is 30.3 Å². The third kappa shape index (κ3) is 4.78. The number of pyridine rings is 1. The number of alkyl halides is 6. The predicted molar refractivity (Wildman–Crippen MR) is 93.2 cm³/mol. The average Bonchev–Trinajstić information content (AvgIpc) is 2.61. The van der Waals surface area contributed by atoms with Crippen molar-refractivity contribution in [2.45, 2.75) is 18.0 Å². The molecule has 0 aliphatic carbocycles. The summed E-state index contributed by atoms with van der Waals surface area (Å²) >= 11 is 11.2. The summed E-state index contributed by atoms with van der Waals surface area (Å²) in [5.41, 5.74) is -5.36. The molecule has 0 saturated heterocycles. The first-order valence-corrected chi connectivity index (χ1v) is 8.25. The van der Waals surface area contributed by atoms with E-state index in [0.29, 0.717) is 0 Å². The SMILES string of the molecule is COc1ccc(C(=O)NC(Nc2ncc(Cl)cc2Cl)(C(F)(F)F)C(F)(F)F)cc1. The van der Waals surface area contributed by atoms with Gasteiger partial charge in [-0.1, -0.05) is 23.2 Å². The number of amides is 1. The van der Waals surface area contributed by atoms with E-state index >= 15 is 0 Å². The van der Waals surface area contributed by atoms with E-state index in [0.717, 1.165) is 29.7 Å². The molecule has 13 heteroatoms. The summed E-state index contributed by atoms with van der Waals surface area (Å²) in [5.74, 6) is -2.39. The second-order valence-corrected chi connectivity index (χ2v) is 6.38. The van der Waals surface area contributed by atoms with E-state index in [9.17, 15) is 31.1 Å².